The van der Waals surface area contributed by atoms with Gasteiger partial charge in [-0.1, -0.05) is 6.07 Å². The maximum Gasteiger partial charge on any atom is 0.311 e. The molecule has 0 saturated carbocycles. The Balaban J connectivity index is 2.34. The summed E-state index contributed by atoms with van der Waals surface area (Å²) in [5.41, 5.74) is 1.65. The number of fused-ring (bicyclic) bond motifs is 1. The Kier molecular flexibility index (Phi) is 3.24. The van der Waals surface area contributed by atoms with Crippen molar-refractivity contribution in [3.63, 3.8) is 0 Å². The average molecular weight is 283 g/mol. The molecule has 0 bridgehead atoms. The number of aromatic nitrogens is 2. The Morgan fingerprint density at radius 2 is 2.38 bits per heavy atom. The summed E-state index contributed by atoms with van der Waals surface area (Å²) in [5, 5.41) is 0. The molecule has 5 heteroatoms. The zero-order valence-electron chi connectivity index (χ0n) is 8.81. The van der Waals surface area contributed by atoms with E-state index in [2.05, 4.69) is 20.9 Å². The standard InChI is InChI=1S/C11H11BrN2O2/c1-2-16-10(15)7-8-9-5-3-4-6-14(9)11(12)13-8/h3-6H,2,7H2,1H3. The summed E-state index contributed by atoms with van der Waals surface area (Å²) in [6.45, 7) is 2.19. The van der Waals surface area contributed by atoms with E-state index in [0.29, 0.717) is 11.3 Å². The predicted molar refractivity (Wildman–Crippen MR) is 63.2 cm³/mol. The van der Waals surface area contributed by atoms with Crippen molar-refractivity contribution in [3.05, 3.63) is 34.8 Å². The van der Waals surface area contributed by atoms with Crippen molar-refractivity contribution in [2.75, 3.05) is 6.61 Å². The van der Waals surface area contributed by atoms with Crippen LogP contribution in [0.1, 0.15) is 12.6 Å². The van der Waals surface area contributed by atoms with E-state index < -0.39 is 0 Å². The van der Waals surface area contributed by atoms with Crippen LogP contribution in [-0.2, 0) is 16.0 Å². The maximum absolute atomic E-state index is 11.4. The van der Waals surface area contributed by atoms with E-state index in [1.165, 1.54) is 0 Å². The van der Waals surface area contributed by atoms with Gasteiger partial charge in [-0.2, -0.15) is 0 Å². The minimum Gasteiger partial charge on any atom is -0.466 e. The van der Waals surface area contributed by atoms with Crippen molar-refractivity contribution >= 4 is 27.4 Å². The van der Waals surface area contributed by atoms with Gasteiger partial charge in [0, 0.05) is 6.20 Å². The molecule has 0 atom stereocenters. The minimum atomic E-state index is -0.251. The van der Waals surface area contributed by atoms with E-state index in [4.69, 9.17) is 4.74 Å². The molecule has 4 nitrogen and oxygen atoms in total. The van der Waals surface area contributed by atoms with E-state index in [0.717, 1.165) is 11.2 Å². The van der Waals surface area contributed by atoms with Crippen LogP contribution in [0.5, 0.6) is 0 Å². The Labute approximate surface area is 101 Å². The summed E-state index contributed by atoms with van der Waals surface area (Å²) < 4.78 is 7.48. The van der Waals surface area contributed by atoms with Crippen LogP contribution in [0.4, 0.5) is 0 Å². The van der Waals surface area contributed by atoms with Gasteiger partial charge in [0.2, 0.25) is 0 Å². The summed E-state index contributed by atoms with van der Waals surface area (Å²) >= 11 is 3.35. The van der Waals surface area contributed by atoms with Gasteiger partial charge in [0.05, 0.1) is 24.2 Å². The lowest BCUT2D eigenvalue weighted by Crippen LogP contribution is -2.07. The van der Waals surface area contributed by atoms with Gasteiger partial charge in [-0.05, 0) is 35.0 Å². The molecular weight excluding hydrogens is 272 g/mol. The van der Waals surface area contributed by atoms with E-state index >= 15 is 0 Å². The topological polar surface area (TPSA) is 43.6 Å². The number of esters is 1. The molecule has 0 aliphatic rings. The highest BCUT2D eigenvalue weighted by molar-refractivity contribution is 9.10. The summed E-state index contributed by atoms with van der Waals surface area (Å²) in [6, 6.07) is 5.75. The van der Waals surface area contributed by atoms with Crippen LogP contribution in [0.2, 0.25) is 0 Å². The number of nitrogens with zero attached hydrogens (tertiary/aromatic N) is 2. The second-order valence-electron chi connectivity index (χ2n) is 3.27. The number of pyridine rings is 1. The van der Waals surface area contributed by atoms with Crippen LogP contribution >= 0.6 is 15.9 Å². The van der Waals surface area contributed by atoms with Crippen LogP contribution < -0.4 is 0 Å². The molecule has 2 heterocycles. The maximum atomic E-state index is 11.4. The number of ether oxygens (including phenoxy) is 1. The Morgan fingerprint density at radius 3 is 3.12 bits per heavy atom. The first-order chi connectivity index (χ1) is 7.72. The lowest BCUT2D eigenvalue weighted by atomic mass is 10.2. The van der Waals surface area contributed by atoms with E-state index in [1.54, 1.807) is 6.92 Å². The third-order valence-electron chi connectivity index (χ3n) is 2.20. The smallest absolute Gasteiger partial charge is 0.311 e. The minimum absolute atomic E-state index is 0.201. The summed E-state index contributed by atoms with van der Waals surface area (Å²) in [7, 11) is 0. The molecule has 2 aromatic rings. The number of hydrogen-bond donors (Lipinski definition) is 0. The van der Waals surface area contributed by atoms with Gasteiger partial charge < -0.3 is 4.74 Å². The molecule has 2 aromatic heterocycles. The molecule has 2 rings (SSSR count). The van der Waals surface area contributed by atoms with Gasteiger partial charge in [-0.25, -0.2) is 4.98 Å². The third-order valence-corrected chi connectivity index (χ3v) is 2.76. The summed E-state index contributed by atoms with van der Waals surface area (Å²) in [6.07, 6.45) is 2.09. The number of rotatable bonds is 3. The van der Waals surface area contributed by atoms with Crippen molar-refractivity contribution in [1.82, 2.24) is 9.38 Å². The van der Waals surface area contributed by atoms with Gasteiger partial charge >= 0.3 is 5.97 Å². The molecule has 16 heavy (non-hydrogen) atoms. The second-order valence-corrected chi connectivity index (χ2v) is 3.97. The van der Waals surface area contributed by atoms with Crippen LogP contribution in [0.15, 0.2) is 29.1 Å². The molecule has 0 aromatic carbocycles. The van der Waals surface area contributed by atoms with Gasteiger partial charge in [0.1, 0.15) is 0 Å². The number of carbonyl (C=O) groups is 1. The highest BCUT2D eigenvalue weighted by Crippen LogP contribution is 2.17. The first kappa shape index (κ1) is 11.1. The fraction of sp³-hybridized carbons (Fsp3) is 0.273. The summed E-state index contributed by atoms with van der Waals surface area (Å²) in [4.78, 5) is 15.7. The largest absolute Gasteiger partial charge is 0.466 e. The van der Waals surface area contributed by atoms with Gasteiger partial charge in [0.25, 0.3) is 0 Å². The zero-order chi connectivity index (χ0) is 11.5. The molecule has 0 radical (unpaired) electrons. The van der Waals surface area contributed by atoms with Crippen molar-refractivity contribution in [3.8, 4) is 0 Å². The molecule has 0 aliphatic heterocycles. The lowest BCUT2D eigenvalue weighted by molar-refractivity contribution is -0.142. The van der Waals surface area contributed by atoms with E-state index in [1.807, 2.05) is 28.8 Å². The number of hydrogen-bond acceptors (Lipinski definition) is 3. The van der Waals surface area contributed by atoms with Crippen molar-refractivity contribution < 1.29 is 9.53 Å². The molecule has 0 aliphatic carbocycles. The monoisotopic (exact) mass is 282 g/mol. The predicted octanol–water partition coefficient (Wildman–Crippen LogP) is 2.20. The van der Waals surface area contributed by atoms with Gasteiger partial charge in [0.15, 0.2) is 4.73 Å². The Hall–Kier alpha value is -1.36. The summed E-state index contributed by atoms with van der Waals surface area (Å²) in [5.74, 6) is -0.251. The first-order valence-electron chi connectivity index (χ1n) is 4.99. The number of halogens is 1. The normalized spacial score (nSPS) is 10.6. The fourth-order valence-corrected chi connectivity index (χ4v) is 2.06. The van der Waals surface area contributed by atoms with Gasteiger partial charge in [-0.3, -0.25) is 9.20 Å². The fourth-order valence-electron chi connectivity index (χ4n) is 1.54. The molecule has 0 N–H and O–H groups in total. The van der Waals surface area contributed by atoms with Crippen molar-refractivity contribution in [2.45, 2.75) is 13.3 Å². The number of carbonyl (C=O) groups excluding carboxylic acids is 1. The van der Waals surface area contributed by atoms with Crippen LogP contribution in [-0.4, -0.2) is 22.0 Å². The van der Waals surface area contributed by atoms with E-state index in [9.17, 15) is 4.79 Å². The van der Waals surface area contributed by atoms with Crippen LogP contribution in [0.3, 0.4) is 0 Å². The average Bonchev–Trinajstić information content (AvgIpc) is 2.57. The molecule has 0 amide bonds. The lowest BCUT2D eigenvalue weighted by Gasteiger charge is -1.99. The quantitative estimate of drug-likeness (QED) is 0.811. The molecular formula is C11H11BrN2O2. The number of imidazole rings is 1. The van der Waals surface area contributed by atoms with Crippen LogP contribution in [0, 0.1) is 0 Å². The van der Waals surface area contributed by atoms with Crippen LogP contribution in [0.25, 0.3) is 5.52 Å². The molecule has 0 saturated heterocycles. The highest BCUT2D eigenvalue weighted by Gasteiger charge is 2.12. The molecule has 0 unspecified atom stereocenters. The molecule has 0 fully saturated rings. The molecule has 0 spiro atoms. The first-order valence-corrected chi connectivity index (χ1v) is 5.78. The van der Waals surface area contributed by atoms with Crippen molar-refractivity contribution in [1.29, 1.82) is 0 Å². The Morgan fingerprint density at radius 1 is 1.56 bits per heavy atom. The van der Waals surface area contributed by atoms with Gasteiger partial charge in [-0.15, -0.1) is 0 Å². The third kappa shape index (κ3) is 2.09. The molecule has 84 valence electrons. The SMILES string of the molecule is CCOC(=O)Cc1nc(Br)n2ccccc12. The second kappa shape index (κ2) is 4.65. The Bertz CT molecular complexity index is 522. The highest BCUT2D eigenvalue weighted by atomic mass is 79.9. The van der Waals surface area contributed by atoms with E-state index in [-0.39, 0.29) is 12.4 Å². The van der Waals surface area contributed by atoms with Crippen molar-refractivity contribution in [2.24, 2.45) is 0 Å². The zero-order valence-corrected chi connectivity index (χ0v) is 10.4.